The highest BCUT2D eigenvalue weighted by Gasteiger charge is 2.07. The number of hydrogen-bond donors (Lipinski definition) is 0. The molecule has 0 aromatic heterocycles. The van der Waals surface area contributed by atoms with Crippen LogP contribution in [0.25, 0.3) is 0 Å². The van der Waals surface area contributed by atoms with Crippen molar-refractivity contribution < 1.29 is 0 Å². The van der Waals surface area contributed by atoms with Crippen molar-refractivity contribution in [3.8, 4) is 0 Å². The van der Waals surface area contributed by atoms with Gasteiger partial charge in [-0.25, -0.2) is 0 Å². The van der Waals surface area contributed by atoms with Crippen LogP contribution in [0.5, 0.6) is 0 Å². The van der Waals surface area contributed by atoms with Crippen LogP contribution >= 0.6 is 0 Å². The van der Waals surface area contributed by atoms with E-state index in [0.717, 1.165) is 0 Å². The standard InChI is InChI=1S/C13H13N.C9H10.5C2H6/c1-14(12-8-4-2-5-9-12)13-10-6-3-7-11-13;1-2-5-9-7-3-6-8(9)4-1;5*1-2/h2-11H,1H3;1-2,4-5H,3,6-7H2;5*1-2H3. The zero-order valence-corrected chi connectivity index (χ0v) is 23.7. The average Bonchev–Trinajstić information content (AvgIpc) is 3.44. The minimum Gasteiger partial charge on any atom is -0.345 e. The molecule has 0 atom stereocenters. The summed E-state index contributed by atoms with van der Waals surface area (Å²) in [5.74, 6) is 0. The molecule has 1 nitrogen and oxygen atoms in total. The molecule has 0 aliphatic heterocycles. The van der Waals surface area contributed by atoms with E-state index in [1.165, 1.54) is 30.6 Å². The average molecular weight is 452 g/mol. The molecule has 33 heavy (non-hydrogen) atoms. The molecular formula is C32H53N. The largest absolute Gasteiger partial charge is 0.345 e. The maximum Gasteiger partial charge on any atom is 0.0408 e. The fourth-order valence-electron chi connectivity index (χ4n) is 2.97. The Morgan fingerprint density at radius 2 is 0.697 bits per heavy atom. The summed E-state index contributed by atoms with van der Waals surface area (Å²) < 4.78 is 0. The van der Waals surface area contributed by atoms with Crippen LogP contribution in [-0.4, -0.2) is 7.05 Å². The highest BCUT2D eigenvalue weighted by molar-refractivity contribution is 5.61. The van der Waals surface area contributed by atoms with Crippen LogP contribution in [0.15, 0.2) is 84.9 Å². The van der Waals surface area contributed by atoms with Crippen LogP contribution in [0.2, 0.25) is 0 Å². The van der Waals surface area contributed by atoms with Gasteiger partial charge >= 0.3 is 0 Å². The molecule has 0 saturated carbocycles. The first kappa shape index (κ1) is 35.1. The predicted octanol–water partition coefficient (Wildman–Crippen LogP) is 10.8. The molecule has 4 rings (SSSR count). The zero-order valence-electron chi connectivity index (χ0n) is 23.7. The highest BCUT2D eigenvalue weighted by atomic mass is 15.1. The van der Waals surface area contributed by atoms with E-state index < -0.39 is 0 Å². The van der Waals surface area contributed by atoms with Gasteiger partial charge in [0, 0.05) is 18.4 Å². The lowest BCUT2D eigenvalue weighted by Crippen LogP contribution is -2.08. The van der Waals surface area contributed by atoms with Crippen LogP contribution in [-0.2, 0) is 12.8 Å². The van der Waals surface area contributed by atoms with E-state index in [1.807, 2.05) is 81.4 Å². The Kier molecular flexibility index (Phi) is 29.2. The topological polar surface area (TPSA) is 3.24 Å². The molecule has 0 N–H and O–H groups in total. The fraction of sp³-hybridized carbons (Fsp3) is 0.438. The third-order valence-corrected chi connectivity index (χ3v) is 4.30. The Bertz CT molecular complexity index is 657. The van der Waals surface area contributed by atoms with Crippen LogP contribution < -0.4 is 4.90 Å². The van der Waals surface area contributed by atoms with Gasteiger partial charge in [-0.3, -0.25) is 0 Å². The monoisotopic (exact) mass is 451 g/mol. The maximum atomic E-state index is 2.24. The Labute approximate surface area is 207 Å². The molecule has 0 bridgehead atoms. The molecular weight excluding hydrogens is 398 g/mol. The van der Waals surface area contributed by atoms with Gasteiger partial charge in [0.25, 0.3) is 0 Å². The first-order valence-corrected chi connectivity index (χ1v) is 13.3. The Morgan fingerprint density at radius 1 is 0.424 bits per heavy atom. The van der Waals surface area contributed by atoms with Crippen molar-refractivity contribution >= 4 is 11.4 Å². The van der Waals surface area contributed by atoms with Crippen LogP contribution in [0.4, 0.5) is 11.4 Å². The summed E-state index contributed by atoms with van der Waals surface area (Å²) in [5, 5.41) is 0. The summed E-state index contributed by atoms with van der Waals surface area (Å²) in [7, 11) is 2.07. The molecule has 0 spiro atoms. The molecule has 0 heterocycles. The third kappa shape index (κ3) is 15.0. The smallest absolute Gasteiger partial charge is 0.0408 e. The molecule has 0 fully saturated rings. The summed E-state index contributed by atoms with van der Waals surface area (Å²) in [6.45, 7) is 20.0. The van der Waals surface area contributed by atoms with Crippen molar-refractivity contribution in [1.29, 1.82) is 0 Å². The number of anilines is 2. The van der Waals surface area contributed by atoms with E-state index >= 15 is 0 Å². The van der Waals surface area contributed by atoms with Crippen LogP contribution in [0, 0.1) is 0 Å². The minimum absolute atomic E-state index is 1.21. The number of aryl methyl sites for hydroxylation is 2. The van der Waals surface area contributed by atoms with Crippen molar-refractivity contribution in [2.24, 2.45) is 0 Å². The molecule has 1 heteroatoms. The minimum atomic E-state index is 1.21. The van der Waals surface area contributed by atoms with Crippen molar-refractivity contribution in [3.63, 3.8) is 0 Å². The van der Waals surface area contributed by atoms with Gasteiger partial charge in [-0.05, 0) is 54.7 Å². The molecule has 3 aromatic rings. The summed E-state index contributed by atoms with van der Waals surface area (Å²) in [6, 6.07) is 29.4. The van der Waals surface area contributed by atoms with Gasteiger partial charge in [-0.1, -0.05) is 130 Å². The maximum absolute atomic E-state index is 2.24. The zero-order chi connectivity index (χ0) is 25.9. The molecule has 3 aromatic carbocycles. The summed E-state index contributed by atoms with van der Waals surface area (Å²) >= 11 is 0. The first-order chi connectivity index (χ1) is 16.3. The van der Waals surface area contributed by atoms with Crippen molar-refractivity contribution in [3.05, 3.63) is 96.1 Å². The molecule has 0 amide bonds. The van der Waals surface area contributed by atoms with Gasteiger partial charge in [0.05, 0.1) is 0 Å². The Balaban J connectivity index is -0.000000410. The molecule has 0 saturated heterocycles. The Morgan fingerprint density at radius 3 is 1.00 bits per heavy atom. The van der Waals surface area contributed by atoms with Gasteiger partial charge in [0.1, 0.15) is 0 Å². The van der Waals surface area contributed by atoms with E-state index in [4.69, 9.17) is 0 Å². The number of benzene rings is 3. The van der Waals surface area contributed by atoms with Crippen molar-refractivity contribution in [2.45, 2.75) is 88.5 Å². The summed E-state index contributed by atoms with van der Waals surface area (Å²) in [4.78, 5) is 2.17. The lowest BCUT2D eigenvalue weighted by molar-refractivity contribution is 0.912. The summed E-state index contributed by atoms with van der Waals surface area (Å²) in [5.41, 5.74) is 5.55. The summed E-state index contributed by atoms with van der Waals surface area (Å²) in [6.07, 6.45) is 3.96. The predicted molar refractivity (Wildman–Crippen MR) is 156 cm³/mol. The number of hydrogen-bond acceptors (Lipinski definition) is 1. The van der Waals surface area contributed by atoms with E-state index in [9.17, 15) is 0 Å². The lowest BCUT2D eigenvalue weighted by Gasteiger charge is -2.18. The van der Waals surface area contributed by atoms with Crippen molar-refractivity contribution in [2.75, 3.05) is 11.9 Å². The van der Waals surface area contributed by atoms with Gasteiger partial charge in [0.15, 0.2) is 0 Å². The first-order valence-electron chi connectivity index (χ1n) is 13.3. The lowest BCUT2D eigenvalue weighted by atomic mass is 10.1. The fourth-order valence-corrected chi connectivity index (χ4v) is 2.97. The van der Waals surface area contributed by atoms with E-state index in [0.29, 0.717) is 0 Å². The Hall–Kier alpha value is -2.54. The van der Waals surface area contributed by atoms with E-state index in [1.54, 1.807) is 11.1 Å². The van der Waals surface area contributed by atoms with Gasteiger partial charge in [-0.2, -0.15) is 0 Å². The van der Waals surface area contributed by atoms with Crippen molar-refractivity contribution in [1.82, 2.24) is 0 Å². The molecule has 1 aliphatic rings. The molecule has 0 unspecified atom stereocenters. The SMILES string of the molecule is CC.CC.CC.CC.CC.CN(c1ccccc1)c1ccccc1.c1ccc2c(c1)CCC2. The van der Waals surface area contributed by atoms with Crippen LogP contribution in [0.1, 0.15) is 86.8 Å². The second-order valence-corrected chi connectivity index (χ2v) is 5.85. The van der Waals surface area contributed by atoms with E-state index in [2.05, 4.69) is 84.7 Å². The van der Waals surface area contributed by atoms with Gasteiger partial charge < -0.3 is 4.90 Å². The normalized spacial score (nSPS) is 9.30. The molecule has 1 aliphatic carbocycles. The quantitative estimate of drug-likeness (QED) is 0.374. The molecule has 0 radical (unpaired) electrons. The highest BCUT2D eigenvalue weighted by Crippen LogP contribution is 2.22. The van der Waals surface area contributed by atoms with Crippen LogP contribution in [0.3, 0.4) is 0 Å². The second kappa shape index (κ2) is 27.5. The molecule has 186 valence electrons. The number of nitrogens with zero attached hydrogens (tertiary/aromatic N) is 1. The van der Waals surface area contributed by atoms with Gasteiger partial charge in [0.2, 0.25) is 0 Å². The number of fused-ring (bicyclic) bond motifs is 1. The van der Waals surface area contributed by atoms with Gasteiger partial charge in [-0.15, -0.1) is 0 Å². The second-order valence-electron chi connectivity index (χ2n) is 5.85. The third-order valence-electron chi connectivity index (χ3n) is 4.30. The van der Waals surface area contributed by atoms with E-state index in [-0.39, 0.29) is 0 Å². The number of para-hydroxylation sites is 2. The number of rotatable bonds is 2.